The molecule has 0 heterocycles. The molecule has 104 valence electrons. The lowest BCUT2D eigenvalue weighted by Crippen LogP contribution is -2.28. The maximum absolute atomic E-state index is 13.0. The van der Waals surface area contributed by atoms with Gasteiger partial charge in [-0.25, -0.2) is 13.6 Å². The van der Waals surface area contributed by atoms with Crippen LogP contribution in [0.5, 0.6) is 0 Å². The van der Waals surface area contributed by atoms with E-state index in [9.17, 15) is 13.6 Å². The molecule has 0 fully saturated rings. The summed E-state index contributed by atoms with van der Waals surface area (Å²) in [5, 5.41) is 5.07. The molecular formula is C15H14F2N2O. The predicted molar refractivity (Wildman–Crippen MR) is 73.4 cm³/mol. The molecule has 2 rings (SSSR count). The Kier molecular flexibility index (Phi) is 4.30. The quantitative estimate of drug-likeness (QED) is 0.883. The first-order chi connectivity index (χ1) is 9.54. The Balaban J connectivity index is 1.89. The van der Waals surface area contributed by atoms with Gasteiger partial charge >= 0.3 is 6.03 Å². The van der Waals surface area contributed by atoms with Crippen LogP contribution in [0.4, 0.5) is 19.3 Å². The van der Waals surface area contributed by atoms with Crippen molar-refractivity contribution in [3.05, 3.63) is 65.2 Å². The first-order valence-electron chi connectivity index (χ1n) is 6.10. The largest absolute Gasteiger partial charge is 0.334 e. The van der Waals surface area contributed by atoms with E-state index >= 15 is 0 Å². The van der Waals surface area contributed by atoms with Crippen LogP contribution in [-0.4, -0.2) is 6.03 Å². The van der Waals surface area contributed by atoms with Crippen molar-refractivity contribution in [1.29, 1.82) is 0 Å². The minimum Gasteiger partial charge on any atom is -0.334 e. The van der Waals surface area contributed by atoms with Gasteiger partial charge in [-0.3, -0.25) is 0 Å². The smallest absolute Gasteiger partial charge is 0.319 e. The monoisotopic (exact) mass is 276 g/mol. The lowest BCUT2D eigenvalue weighted by molar-refractivity contribution is 0.251. The number of hydrogen-bond donors (Lipinski definition) is 2. The zero-order valence-corrected chi connectivity index (χ0v) is 10.9. The fraction of sp³-hybridized carbons (Fsp3) is 0.133. The van der Waals surface area contributed by atoms with E-state index in [0.717, 1.165) is 23.3 Å². The average Bonchev–Trinajstić information content (AvgIpc) is 2.42. The summed E-state index contributed by atoms with van der Waals surface area (Å²) in [6.45, 7) is 2.34. The number of amides is 2. The molecule has 2 aromatic rings. The Hall–Kier alpha value is -2.43. The highest BCUT2D eigenvalue weighted by molar-refractivity contribution is 5.89. The number of anilines is 1. The van der Waals surface area contributed by atoms with Gasteiger partial charge in [-0.1, -0.05) is 29.8 Å². The van der Waals surface area contributed by atoms with E-state index in [0.29, 0.717) is 6.54 Å². The van der Waals surface area contributed by atoms with Gasteiger partial charge in [0.25, 0.3) is 0 Å². The summed E-state index contributed by atoms with van der Waals surface area (Å²) in [6.07, 6.45) is 0. The van der Waals surface area contributed by atoms with Crippen LogP contribution in [0.1, 0.15) is 11.1 Å². The number of nitrogens with one attached hydrogen (secondary N) is 2. The lowest BCUT2D eigenvalue weighted by Gasteiger charge is -2.08. The van der Waals surface area contributed by atoms with Crippen LogP contribution in [0.2, 0.25) is 0 Å². The number of halogens is 2. The molecule has 0 saturated heterocycles. The Morgan fingerprint density at radius 3 is 2.40 bits per heavy atom. The van der Waals surface area contributed by atoms with Crippen LogP contribution in [0.15, 0.2) is 42.5 Å². The molecule has 0 saturated carbocycles. The molecule has 0 aliphatic rings. The SMILES string of the molecule is Cc1ccc(CNC(=O)Nc2ccc(F)c(F)c2)cc1. The second-order valence-electron chi connectivity index (χ2n) is 4.42. The van der Waals surface area contributed by atoms with Crippen molar-refractivity contribution in [3.8, 4) is 0 Å². The second-order valence-corrected chi connectivity index (χ2v) is 4.42. The molecule has 0 aromatic heterocycles. The van der Waals surface area contributed by atoms with Crippen molar-refractivity contribution in [2.24, 2.45) is 0 Å². The van der Waals surface area contributed by atoms with Gasteiger partial charge in [0.05, 0.1) is 0 Å². The first kappa shape index (κ1) is 14.0. The number of rotatable bonds is 3. The predicted octanol–water partition coefficient (Wildman–Crippen LogP) is 3.59. The second kappa shape index (κ2) is 6.14. The highest BCUT2D eigenvalue weighted by atomic mass is 19.2. The molecular weight excluding hydrogens is 262 g/mol. The fourth-order valence-corrected chi connectivity index (χ4v) is 1.64. The van der Waals surface area contributed by atoms with Gasteiger partial charge in [-0.2, -0.15) is 0 Å². The van der Waals surface area contributed by atoms with Crippen LogP contribution in [0.25, 0.3) is 0 Å². The molecule has 2 amide bonds. The molecule has 2 aromatic carbocycles. The maximum atomic E-state index is 13.0. The number of carbonyl (C=O) groups is 1. The Morgan fingerprint density at radius 1 is 1.05 bits per heavy atom. The Labute approximate surface area is 115 Å². The molecule has 3 nitrogen and oxygen atoms in total. The van der Waals surface area contributed by atoms with E-state index in [2.05, 4.69) is 10.6 Å². The molecule has 0 aliphatic heterocycles. The summed E-state index contributed by atoms with van der Waals surface area (Å²) >= 11 is 0. The van der Waals surface area contributed by atoms with Gasteiger partial charge in [-0.05, 0) is 24.6 Å². The van der Waals surface area contributed by atoms with Crippen molar-refractivity contribution >= 4 is 11.7 Å². The summed E-state index contributed by atoms with van der Waals surface area (Å²) in [5.74, 6) is -1.95. The zero-order chi connectivity index (χ0) is 14.5. The molecule has 20 heavy (non-hydrogen) atoms. The first-order valence-corrected chi connectivity index (χ1v) is 6.10. The van der Waals surface area contributed by atoms with Crippen LogP contribution < -0.4 is 10.6 Å². The van der Waals surface area contributed by atoms with E-state index in [1.165, 1.54) is 6.07 Å². The van der Waals surface area contributed by atoms with Gasteiger partial charge in [0.1, 0.15) is 0 Å². The van der Waals surface area contributed by atoms with Crippen molar-refractivity contribution < 1.29 is 13.6 Å². The number of hydrogen-bond acceptors (Lipinski definition) is 1. The van der Waals surface area contributed by atoms with Crippen molar-refractivity contribution in [2.75, 3.05) is 5.32 Å². The third kappa shape index (κ3) is 3.78. The molecule has 0 atom stereocenters. The number of carbonyl (C=O) groups excluding carboxylic acids is 1. The van der Waals surface area contributed by atoms with Gasteiger partial charge in [0.2, 0.25) is 0 Å². The average molecular weight is 276 g/mol. The standard InChI is InChI=1S/C15H14F2N2O/c1-10-2-4-11(5-3-10)9-18-15(20)19-12-6-7-13(16)14(17)8-12/h2-8H,9H2,1H3,(H2,18,19,20). The topological polar surface area (TPSA) is 41.1 Å². The Morgan fingerprint density at radius 2 is 1.75 bits per heavy atom. The molecule has 2 N–H and O–H groups in total. The third-order valence-electron chi connectivity index (χ3n) is 2.75. The van der Waals surface area contributed by atoms with Crippen LogP contribution in [-0.2, 0) is 6.54 Å². The van der Waals surface area contributed by atoms with E-state index in [-0.39, 0.29) is 5.69 Å². The molecule has 5 heteroatoms. The number of benzene rings is 2. The number of aryl methyl sites for hydroxylation is 1. The lowest BCUT2D eigenvalue weighted by atomic mass is 10.1. The van der Waals surface area contributed by atoms with Crippen molar-refractivity contribution in [2.45, 2.75) is 13.5 Å². The van der Waals surface area contributed by atoms with E-state index < -0.39 is 17.7 Å². The van der Waals surface area contributed by atoms with Crippen molar-refractivity contribution in [1.82, 2.24) is 5.32 Å². The number of urea groups is 1. The summed E-state index contributed by atoms with van der Waals surface area (Å²) < 4.78 is 25.7. The molecule has 0 unspecified atom stereocenters. The van der Waals surface area contributed by atoms with Gasteiger partial charge < -0.3 is 10.6 Å². The highest BCUT2D eigenvalue weighted by Crippen LogP contribution is 2.12. The Bertz CT molecular complexity index is 612. The molecule has 0 bridgehead atoms. The minimum atomic E-state index is -0.999. The summed E-state index contributed by atoms with van der Waals surface area (Å²) in [6, 6.07) is 10.4. The fourth-order valence-electron chi connectivity index (χ4n) is 1.64. The van der Waals surface area contributed by atoms with Gasteiger partial charge in [0, 0.05) is 18.3 Å². The summed E-state index contributed by atoms with van der Waals surface area (Å²) in [4.78, 5) is 11.6. The highest BCUT2D eigenvalue weighted by Gasteiger charge is 2.05. The normalized spacial score (nSPS) is 10.2. The van der Waals surface area contributed by atoms with E-state index in [1.807, 2.05) is 31.2 Å². The van der Waals surface area contributed by atoms with Crippen LogP contribution in [0.3, 0.4) is 0 Å². The maximum Gasteiger partial charge on any atom is 0.319 e. The van der Waals surface area contributed by atoms with E-state index in [1.54, 1.807) is 0 Å². The molecule has 0 aliphatic carbocycles. The van der Waals surface area contributed by atoms with E-state index in [4.69, 9.17) is 0 Å². The zero-order valence-electron chi connectivity index (χ0n) is 10.9. The summed E-state index contributed by atoms with van der Waals surface area (Å²) in [5.41, 5.74) is 2.29. The van der Waals surface area contributed by atoms with Gasteiger partial charge in [0.15, 0.2) is 11.6 Å². The third-order valence-corrected chi connectivity index (χ3v) is 2.75. The van der Waals surface area contributed by atoms with Gasteiger partial charge in [-0.15, -0.1) is 0 Å². The minimum absolute atomic E-state index is 0.199. The van der Waals surface area contributed by atoms with Crippen LogP contribution >= 0.6 is 0 Å². The summed E-state index contributed by atoms with van der Waals surface area (Å²) in [7, 11) is 0. The van der Waals surface area contributed by atoms with Crippen molar-refractivity contribution in [3.63, 3.8) is 0 Å². The molecule has 0 spiro atoms. The molecule has 0 radical (unpaired) electrons. The van der Waals surface area contributed by atoms with Crippen LogP contribution in [0, 0.1) is 18.6 Å².